The van der Waals surface area contributed by atoms with Gasteiger partial charge in [0.15, 0.2) is 0 Å². The van der Waals surface area contributed by atoms with Gasteiger partial charge in [-0.25, -0.2) is 0 Å². The summed E-state index contributed by atoms with van der Waals surface area (Å²) < 4.78 is 2.20. The molecule has 0 radical (unpaired) electrons. The van der Waals surface area contributed by atoms with E-state index in [1.165, 1.54) is 12.8 Å². The van der Waals surface area contributed by atoms with Gasteiger partial charge in [-0.05, 0) is 38.4 Å². The van der Waals surface area contributed by atoms with Crippen molar-refractivity contribution in [2.45, 2.75) is 39.3 Å². The maximum atomic E-state index is 12.7. The van der Waals surface area contributed by atoms with Gasteiger partial charge in [0.05, 0.1) is 5.56 Å². The van der Waals surface area contributed by atoms with E-state index in [9.17, 15) is 4.79 Å². The Morgan fingerprint density at radius 1 is 1.35 bits per heavy atom. The van der Waals surface area contributed by atoms with E-state index in [1.807, 2.05) is 24.4 Å². The van der Waals surface area contributed by atoms with E-state index in [0.29, 0.717) is 12.0 Å². The molecule has 1 atom stereocenters. The molecule has 4 heteroatoms. The average molecular weight is 313 g/mol. The van der Waals surface area contributed by atoms with Crippen LogP contribution in [0, 0.1) is 5.92 Å². The minimum absolute atomic E-state index is 0.0454. The predicted octanol–water partition coefficient (Wildman–Crippen LogP) is 3.12. The third-order valence-corrected chi connectivity index (χ3v) is 4.76. The third kappa shape index (κ3) is 3.42. The normalized spacial score (nSPS) is 18.9. The Morgan fingerprint density at radius 2 is 2.13 bits per heavy atom. The predicted molar refractivity (Wildman–Crippen MR) is 94.8 cm³/mol. The molecule has 4 nitrogen and oxygen atoms in total. The van der Waals surface area contributed by atoms with E-state index < -0.39 is 0 Å². The molecule has 1 aliphatic heterocycles. The van der Waals surface area contributed by atoms with Crippen molar-refractivity contribution in [3.63, 3.8) is 0 Å². The summed E-state index contributed by atoms with van der Waals surface area (Å²) in [6.45, 7) is 7.20. The SMILES string of the molecule is CC(C)Cn1cc(C(=O)NCC2CCCN2C)c2ccccc21. The van der Waals surface area contributed by atoms with Crippen LogP contribution in [-0.2, 0) is 6.54 Å². The lowest BCUT2D eigenvalue weighted by Gasteiger charge is -2.19. The number of aromatic nitrogens is 1. The first-order valence-corrected chi connectivity index (χ1v) is 8.62. The molecular formula is C19H27N3O. The zero-order chi connectivity index (χ0) is 16.4. The molecule has 1 aliphatic rings. The number of nitrogens with zero attached hydrogens (tertiary/aromatic N) is 2. The second-order valence-electron chi connectivity index (χ2n) is 7.09. The molecule has 1 unspecified atom stereocenters. The van der Waals surface area contributed by atoms with Crippen molar-refractivity contribution >= 4 is 16.8 Å². The molecule has 1 aromatic heterocycles. The van der Waals surface area contributed by atoms with Crippen LogP contribution in [0.25, 0.3) is 10.9 Å². The zero-order valence-electron chi connectivity index (χ0n) is 14.4. The van der Waals surface area contributed by atoms with Crippen molar-refractivity contribution in [1.82, 2.24) is 14.8 Å². The number of carbonyl (C=O) groups excluding carboxylic acids is 1. The lowest BCUT2D eigenvalue weighted by atomic mass is 10.1. The largest absolute Gasteiger partial charge is 0.350 e. The van der Waals surface area contributed by atoms with Gasteiger partial charge in [0, 0.05) is 36.2 Å². The van der Waals surface area contributed by atoms with Gasteiger partial charge in [-0.1, -0.05) is 32.0 Å². The molecule has 2 aromatic rings. The summed E-state index contributed by atoms with van der Waals surface area (Å²) in [5.41, 5.74) is 1.94. The summed E-state index contributed by atoms with van der Waals surface area (Å²) in [5, 5.41) is 4.18. The summed E-state index contributed by atoms with van der Waals surface area (Å²) in [4.78, 5) is 15.0. The minimum Gasteiger partial charge on any atom is -0.350 e. The molecule has 1 N–H and O–H groups in total. The van der Waals surface area contributed by atoms with E-state index in [-0.39, 0.29) is 5.91 Å². The Hall–Kier alpha value is -1.81. The van der Waals surface area contributed by atoms with Crippen LogP contribution in [0.2, 0.25) is 0 Å². The van der Waals surface area contributed by atoms with Gasteiger partial charge in [0.2, 0.25) is 0 Å². The Morgan fingerprint density at radius 3 is 2.83 bits per heavy atom. The first-order valence-electron chi connectivity index (χ1n) is 8.62. The molecule has 2 heterocycles. The van der Waals surface area contributed by atoms with Gasteiger partial charge in [-0.3, -0.25) is 4.79 Å². The fraction of sp³-hybridized carbons (Fsp3) is 0.526. The number of nitrogens with one attached hydrogen (secondary N) is 1. The van der Waals surface area contributed by atoms with Crippen molar-refractivity contribution < 1.29 is 4.79 Å². The summed E-state index contributed by atoms with van der Waals surface area (Å²) in [5.74, 6) is 0.595. The van der Waals surface area contributed by atoms with Crippen molar-refractivity contribution in [2.75, 3.05) is 20.1 Å². The van der Waals surface area contributed by atoms with Gasteiger partial charge in [0.25, 0.3) is 5.91 Å². The number of fused-ring (bicyclic) bond motifs is 1. The highest BCUT2D eigenvalue weighted by Gasteiger charge is 2.22. The molecule has 1 fully saturated rings. The quantitative estimate of drug-likeness (QED) is 0.921. The number of hydrogen-bond donors (Lipinski definition) is 1. The molecule has 0 saturated carbocycles. The first-order chi connectivity index (χ1) is 11.1. The fourth-order valence-corrected chi connectivity index (χ4v) is 3.52. The number of para-hydroxylation sites is 1. The average Bonchev–Trinajstić information content (AvgIpc) is 3.09. The van der Waals surface area contributed by atoms with E-state index in [2.05, 4.69) is 41.7 Å². The minimum atomic E-state index is 0.0454. The second-order valence-corrected chi connectivity index (χ2v) is 7.09. The van der Waals surface area contributed by atoms with E-state index in [0.717, 1.165) is 36.1 Å². The summed E-state index contributed by atoms with van der Waals surface area (Å²) >= 11 is 0. The molecule has 0 bridgehead atoms. The highest BCUT2D eigenvalue weighted by molar-refractivity contribution is 6.07. The van der Waals surface area contributed by atoms with Gasteiger partial charge in [-0.2, -0.15) is 0 Å². The molecule has 3 rings (SSSR count). The lowest BCUT2D eigenvalue weighted by molar-refractivity contribution is 0.0945. The lowest BCUT2D eigenvalue weighted by Crippen LogP contribution is -2.38. The van der Waals surface area contributed by atoms with Crippen molar-refractivity contribution in [1.29, 1.82) is 0 Å². The van der Waals surface area contributed by atoms with Gasteiger partial charge in [0.1, 0.15) is 0 Å². The van der Waals surface area contributed by atoms with Crippen LogP contribution in [0.1, 0.15) is 37.0 Å². The molecule has 124 valence electrons. The van der Waals surface area contributed by atoms with Gasteiger partial charge >= 0.3 is 0 Å². The summed E-state index contributed by atoms with van der Waals surface area (Å²) in [7, 11) is 2.14. The number of rotatable bonds is 5. The van der Waals surface area contributed by atoms with Crippen LogP contribution in [-0.4, -0.2) is 41.6 Å². The van der Waals surface area contributed by atoms with Crippen LogP contribution >= 0.6 is 0 Å². The maximum absolute atomic E-state index is 12.7. The Bertz CT molecular complexity index is 689. The highest BCUT2D eigenvalue weighted by atomic mass is 16.1. The molecule has 23 heavy (non-hydrogen) atoms. The monoisotopic (exact) mass is 313 g/mol. The van der Waals surface area contributed by atoms with Crippen molar-refractivity contribution in [2.24, 2.45) is 5.92 Å². The molecule has 1 saturated heterocycles. The standard InChI is InChI=1S/C19H27N3O/c1-14(2)12-22-13-17(16-8-4-5-9-18(16)22)19(23)20-11-15-7-6-10-21(15)3/h4-5,8-9,13-15H,6-7,10-12H2,1-3H3,(H,20,23). The molecule has 1 aromatic carbocycles. The number of carbonyl (C=O) groups is 1. The maximum Gasteiger partial charge on any atom is 0.253 e. The number of hydrogen-bond acceptors (Lipinski definition) is 2. The van der Waals surface area contributed by atoms with Crippen molar-refractivity contribution in [3.05, 3.63) is 36.0 Å². The van der Waals surface area contributed by atoms with Crippen LogP contribution < -0.4 is 5.32 Å². The van der Waals surface area contributed by atoms with E-state index in [1.54, 1.807) is 0 Å². The number of likely N-dealkylation sites (N-methyl/N-ethyl adjacent to an activating group) is 1. The van der Waals surface area contributed by atoms with Crippen LogP contribution in [0.5, 0.6) is 0 Å². The number of amides is 1. The van der Waals surface area contributed by atoms with E-state index >= 15 is 0 Å². The van der Waals surface area contributed by atoms with Gasteiger partial charge in [-0.15, -0.1) is 0 Å². The Kier molecular flexibility index (Phi) is 4.71. The Balaban J connectivity index is 1.79. The Labute approximate surface area is 138 Å². The summed E-state index contributed by atoms with van der Waals surface area (Å²) in [6.07, 6.45) is 4.41. The smallest absolute Gasteiger partial charge is 0.253 e. The third-order valence-electron chi connectivity index (χ3n) is 4.76. The zero-order valence-corrected chi connectivity index (χ0v) is 14.4. The highest BCUT2D eigenvalue weighted by Crippen LogP contribution is 2.22. The number of benzene rings is 1. The molecular weight excluding hydrogens is 286 g/mol. The van der Waals surface area contributed by atoms with E-state index in [4.69, 9.17) is 0 Å². The first kappa shape index (κ1) is 16.1. The molecule has 1 amide bonds. The topological polar surface area (TPSA) is 37.3 Å². The van der Waals surface area contributed by atoms with Gasteiger partial charge < -0.3 is 14.8 Å². The van der Waals surface area contributed by atoms with Crippen molar-refractivity contribution in [3.8, 4) is 0 Å². The fourth-order valence-electron chi connectivity index (χ4n) is 3.52. The van der Waals surface area contributed by atoms with Crippen LogP contribution in [0.3, 0.4) is 0 Å². The second kappa shape index (κ2) is 6.75. The molecule has 0 aliphatic carbocycles. The summed E-state index contributed by atoms with van der Waals surface area (Å²) in [6, 6.07) is 8.66. The molecule has 0 spiro atoms. The van der Waals surface area contributed by atoms with Crippen LogP contribution in [0.15, 0.2) is 30.5 Å². The van der Waals surface area contributed by atoms with Crippen LogP contribution in [0.4, 0.5) is 0 Å². The number of likely N-dealkylation sites (tertiary alicyclic amines) is 1.